The minimum absolute atomic E-state index is 0.0276. The van der Waals surface area contributed by atoms with E-state index in [4.69, 9.17) is 27.6 Å². The number of aliphatic hydroxyl groups excluding tert-OH is 1. The van der Waals surface area contributed by atoms with E-state index in [-0.39, 0.29) is 56.7 Å². The van der Waals surface area contributed by atoms with Crippen LogP contribution in [0.2, 0.25) is 10.0 Å². The number of likely N-dealkylation sites (N-methyl/N-ethyl adjacent to an activating group) is 1. The van der Waals surface area contributed by atoms with Crippen molar-refractivity contribution in [2.45, 2.75) is 18.4 Å². The lowest BCUT2D eigenvalue weighted by Gasteiger charge is -2.24. The van der Waals surface area contributed by atoms with Gasteiger partial charge in [-0.1, -0.05) is 23.2 Å². The average molecular weight is 454 g/mol. The minimum atomic E-state index is -0.740. The zero-order valence-electron chi connectivity index (χ0n) is 15.8. The van der Waals surface area contributed by atoms with E-state index in [9.17, 15) is 24.5 Å². The van der Waals surface area contributed by atoms with Crippen LogP contribution in [0, 0.1) is 5.82 Å². The quantitative estimate of drug-likeness (QED) is 0.516. The Balaban J connectivity index is 2.03. The van der Waals surface area contributed by atoms with Gasteiger partial charge in [-0.2, -0.15) is 0 Å². The standard InChI is InChI=1S/C21H18Cl2FNO5/c1-25-3-2-9(14(25)8-26)19-15(27)6-16(28)20-17(29)7-18(30-21(19)20)10-4-13(24)12(23)5-11(10)22/h4-7,9,14,26-28H,2-3,8H2,1H3. The molecule has 4 rings (SSSR count). The van der Waals surface area contributed by atoms with Crippen LogP contribution >= 0.6 is 23.2 Å². The van der Waals surface area contributed by atoms with E-state index in [1.54, 1.807) is 0 Å². The van der Waals surface area contributed by atoms with E-state index in [0.29, 0.717) is 18.5 Å². The first kappa shape index (κ1) is 20.9. The Labute approximate surface area is 180 Å². The van der Waals surface area contributed by atoms with Crippen LogP contribution in [0.15, 0.2) is 33.5 Å². The number of hydrogen-bond acceptors (Lipinski definition) is 6. The predicted octanol–water partition coefficient (Wildman–Crippen LogP) is 4.10. The molecule has 0 saturated carbocycles. The predicted molar refractivity (Wildman–Crippen MR) is 112 cm³/mol. The lowest BCUT2D eigenvalue weighted by molar-refractivity contribution is 0.172. The van der Waals surface area contributed by atoms with Crippen LogP contribution in [0.1, 0.15) is 17.9 Å². The molecular weight excluding hydrogens is 436 g/mol. The maximum absolute atomic E-state index is 14.0. The molecule has 9 heteroatoms. The van der Waals surface area contributed by atoms with E-state index in [1.165, 1.54) is 6.07 Å². The third-order valence-electron chi connectivity index (χ3n) is 5.65. The summed E-state index contributed by atoms with van der Waals surface area (Å²) in [6.07, 6.45) is 0.597. The normalized spacial score (nSPS) is 19.6. The number of aromatic hydroxyl groups is 2. The van der Waals surface area contributed by atoms with Gasteiger partial charge in [-0.3, -0.25) is 4.79 Å². The van der Waals surface area contributed by atoms with Crippen LogP contribution in [-0.2, 0) is 0 Å². The molecule has 2 unspecified atom stereocenters. The highest BCUT2D eigenvalue weighted by Crippen LogP contribution is 2.44. The lowest BCUT2D eigenvalue weighted by atomic mass is 9.89. The van der Waals surface area contributed by atoms with Gasteiger partial charge in [-0.25, -0.2) is 4.39 Å². The number of nitrogens with zero attached hydrogens (tertiary/aromatic N) is 1. The van der Waals surface area contributed by atoms with E-state index in [0.717, 1.165) is 18.2 Å². The van der Waals surface area contributed by atoms with Gasteiger partial charge in [0.15, 0.2) is 5.43 Å². The number of fused-ring (bicyclic) bond motifs is 1. The highest BCUT2D eigenvalue weighted by molar-refractivity contribution is 6.36. The van der Waals surface area contributed by atoms with Crippen molar-refractivity contribution in [3.8, 4) is 22.8 Å². The number of likely N-dealkylation sites (tertiary alicyclic amines) is 1. The summed E-state index contributed by atoms with van der Waals surface area (Å²) in [5, 5.41) is 30.5. The number of phenolic OH excluding ortho intramolecular Hbond substituents is 2. The molecule has 30 heavy (non-hydrogen) atoms. The molecule has 2 atom stereocenters. The summed E-state index contributed by atoms with van der Waals surface area (Å²) >= 11 is 11.9. The average Bonchev–Trinajstić information content (AvgIpc) is 3.04. The van der Waals surface area contributed by atoms with Crippen molar-refractivity contribution in [2.75, 3.05) is 20.2 Å². The molecule has 3 N–H and O–H groups in total. The molecule has 0 aliphatic carbocycles. The molecule has 1 aliphatic rings. The van der Waals surface area contributed by atoms with Crippen LogP contribution in [0.3, 0.4) is 0 Å². The fourth-order valence-electron chi connectivity index (χ4n) is 4.14. The lowest BCUT2D eigenvalue weighted by Crippen LogP contribution is -2.32. The van der Waals surface area contributed by atoms with Crippen LogP contribution < -0.4 is 5.43 Å². The first-order valence-electron chi connectivity index (χ1n) is 9.21. The van der Waals surface area contributed by atoms with Crippen molar-refractivity contribution in [1.29, 1.82) is 0 Å². The fourth-order valence-corrected chi connectivity index (χ4v) is 4.61. The monoisotopic (exact) mass is 453 g/mol. The molecular formula is C21H18Cl2FNO5. The fraction of sp³-hybridized carbons (Fsp3) is 0.286. The van der Waals surface area contributed by atoms with Crippen molar-refractivity contribution in [1.82, 2.24) is 4.90 Å². The third kappa shape index (κ3) is 3.32. The van der Waals surface area contributed by atoms with Crippen molar-refractivity contribution >= 4 is 34.2 Å². The Morgan fingerprint density at radius 1 is 1.17 bits per heavy atom. The molecule has 2 heterocycles. The van der Waals surface area contributed by atoms with Crippen molar-refractivity contribution < 1.29 is 24.1 Å². The van der Waals surface area contributed by atoms with Gasteiger partial charge in [-0.05, 0) is 32.1 Å². The number of halogens is 3. The van der Waals surface area contributed by atoms with Crippen LogP contribution in [0.4, 0.5) is 4.39 Å². The summed E-state index contributed by atoms with van der Waals surface area (Å²) in [6.45, 7) is 0.497. The molecule has 3 aromatic rings. The molecule has 1 fully saturated rings. The summed E-state index contributed by atoms with van der Waals surface area (Å²) in [4.78, 5) is 14.8. The number of aliphatic hydroxyl groups is 1. The molecule has 1 aromatic heterocycles. The van der Waals surface area contributed by atoms with Crippen LogP contribution in [-0.4, -0.2) is 46.5 Å². The molecule has 158 valence electrons. The Hall–Kier alpha value is -2.32. The van der Waals surface area contributed by atoms with Crippen LogP contribution in [0.25, 0.3) is 22.3 Å². The smallest absolute Gasteiger partial charge is 0.197 e. The van der Waals surface area contributed by atoms with Crippen molar-refractivity contribution in [2.24, 2.45) is 0 Å². The van der Waals surface area contributed by atoms with Gasteiger partial charge in [0.05, 0.1) is 16.7 Å². The highest BCUT2D eigenvalue weighted by atomic mass is 35.5. The van der Waals surface area contributed by atoms with Crippen molar-refractivity contribution in [3.63, 3.8) is 0 Å². The van der Waals surface area contributed by atoms with Gasteiger partial charge in [0.25, 0.3) is 0 Å². The molecule has 0 spiro atoms. The summed E-state index contributed by atoms with van der Waals surface area (Å²) in [5.41, 5.74) is -0.201. The van der Waals surface area contributed by atoms with E-state index >= 15 is 0 Å². The van der Waals surface area contributed by atoms with Gasteiger partial charge in [-0.15, -0.1) is 0 Å². The maximum atomic E-state index is 14.0. The summed E-state index contributed by atoms with van der Waals surface area (Å²) in [7, 11) is 1.85. The van der Waals surface area contributed by atoms with E-state index in [2.05, 4.69) is 0 Å². The Morgan fingerprint density at radius 2 is 1.90 bits per heavy atom. The Morgan fingerprint density at radius 3 is 2.60 bits per heavy atom. The SMILES string of the molecule is CN1CCC(c2c(O)cc(O)c3c(=O)cc(-c4cc(F)c(Cl)cc4Cl)oc23)C1CO. The van der Waals surface area contributed by atoms with Gasteiger partial charge >= 0.3 is 0 Å². The highest BCUT2D eigenvalue weighted by Gasteiger charge is 2.36. The topological polar surface area (TPSA) is 94.1 Å². The summed E-state index contributed by atoms with van der Waals surface area (Å²) in [6, 6.07) is 4.13. The second-order valence-corrected chi connectivity index (χ2v) is 8.19. The minimum Gasteiger partial charge on any atom is -0.507 e. The second kappa shape index (κ2) is 7.74. The molecule has 1 aliphatic heterocycles. The Bertz CT molecular complexity index is 1210. The zero-order chi connectivity index (χ0) is 21.7. The maximum Gasteiger partial charge on any atom is 0.197 e. The van der Waals surface area contributed by atoms with E-state index < -0.39 is 17.0 Å². The number of phenols is 2. The number of hydrogen-bond donors (Lipinski definition) is 3. The van der Waals surface area contributed by atoms with Crippen molar-refractivity contribution in [3.05, 3.63) is 55.9 Å². The molecule has 6 nitrogen and oxygen atoms in total. The van der Waals surface area contributed by atoms with Gasteiger partial charge in [0, 0.05) is 35.2 Å². The summed E-state index contributed by atoms with van der Waals surface area (Å²) < 4.78 is 20.0. The molecule has 0 radical (unpaired) electrons. The molecule has 0 bridgehead atoms. The van der Waals surface area contributed by atoms with Gasteiger partial charge < -0.3 is 24.6 Å². The van der Waals surface area contributed by atoms with Gasteiger partial charge in [0.1, 0.15) is 34.0 Å². The van der Waals surface area contributed by atoms with E-state index in [1.807, 2.05) is 11.9 Å². The first-order valence-corrected chi connectivity index (χ1v) is 9.97. The van der Waals surface area contributed by atoms with Gasteiger partial charge in [0.2, 0.25) is 0 Å². The Kier molecular flexibility index (Phi) is 5.40. The van der Waals surface area contributed by atoms with Crippen LogP contribution in [0.5, 0.6) is 11.5 Å². The third-order valence-corrected chi connectivity index (χ3v) is 6.26. The first-order chi connectivity index (χ1) is 14.2. The zero-order valence-corrected chi connectivity index (χ0v) is 17.3. The second-order valence-electron chi connectivity index (χ2n) is 7.38. The molecule has 2 aromatic carbocycles. The number of rotatable bonds is 3. The molecule has 1 saturated heterocycles. The largest absolute Gasteiger partial charge is 0.507 e. The molecule has 0 amide bonds. The summed E-state index contributed by atoms with van der Waals surface area (Å²) in [5.74, 6) is -1.82. The number of benzene rings is 2.